The van der Waals surface area contributed by atoms with E-state index in [0.717, 1.165) is 5.56 Å². The van der Waals surface area contributed by atoms with Crippen molar-refractivity contribution in [2.75, 3.05) is 0 Å². The van der Waals surface area contributed by atoms with Gasteiger partial charge in [0.2, 0.25) is 5.43 Å². The predicted octanol–water partition coefficient (Wildman–Crippen LogP) is 4.31. The Balaban J connectivity index is 1.79. The standard InChI is InChI=1S/C24H16O6/c25-15-8-6-14(7-9-15)17-12-29-24-21-16(13-4-2-1-3-5-13)10-20(27)30-19(21)11-18(26)22(24)23(17)28/h1-9,11-12,16,25-26H,10H2/t16-/m0/s1. The molecule has 0 spiro atoms. The van der Waals surface area contributed by atoms with E-state index in [0.29, 0.717) is 11.1 Å². The number of carbonyl (C=O) groups excluding carboxylic acids is 1. The molecule has 4 aromatic rings. The molecule has 5 rings (SSSR count). The monoisotopic (exact) mass is 400 g/mol. The van der Waals surface area contributed by atoms with Crippen LogP contribution < -0.4 is 10.2 Å². The maximum Gasteiger partial charge on any atom is 0.312 e. The van der Waals surface area contributed by atoms with Crippen LogP contribution in [-0.4, -0.2) is 16.2 Å². The molecule has 0 saturated heterocycles. The molecule has 1 atom stereocenters. The highest BCUT2D eigenvalue weighted by Gasteiger charge is 2.33. The first-order valence-corrected chi connectivity index (χ1v) is 9.39. The Bertz CT molecular complexity index is 1340. The van der Waals surface area contributed by atoms with Gasteiger partial charge in [0.05, 0.1) is 12.0 Å². The molecule has 148 valence electrons. The smallest absolute Gasteiger partial charge is 0.312 e. The fraction of sp³-hybridized carbons (Fsp3) is 0.0833. The van der Waals surface area contributed by atoms with Gasteiger partial charge in [0.15, 0.2) is 0 Å². The van der Waals surface area contributed by atoms with Crippen LogP contribution in [-0.2, 0) is 4.79 Å². The molecule has 0 amide bonds. The fourth-order valence-corrected chi connectivity index (χ4v) is 3.94. The van der Waals surface area contributed by atoms with Gasteiger partial charge in [0.25, 0.3) is 0 Å². The number of hydrogen-bond donors (Lipinski definition) is 2. The molecule has 30 heavy (non-hydrogen) atoms. The maximum atomic E-state index is 13.2. The second-order valence-electron chi connectivity index (χ2n) is 7.18. The Hall–Kier alpha value is -4.06. The summed E-state index contributed by atoms with van der Waals surface area (Å²) in [5, 5.41) is 20.1. The third-order valence-corrected chi connectivity index (χ3v) is 5.35. The number of phenolic OH excluding ortho intramolecular Hbond substituents is 2. The lowest BCUT2D eigenvalue weighted by molar-refractivity contribution is -0.135. The normalized spacial score (nSPS) is 15.6. The second-order valence-corrected chi connectivity index (χ2v) is 7.18. The number of aromatic hydroxyl groups is 2. The minimum atomic E-state index is -0.418. The average molecular weight is 400 g/mol. The molecule has 0 aliphatic carbocycles. The van der Waals surface area contributed by atoms with Crippen molar-refractivity contribution in [2.24, 2.45) is 0 Å². The molecule has 0 bridgehead atoms. The molecule has 0 fully saturated rings. The molecule has 6 nitrogen and oxygen atoms in total. The highest BCUT2D eigenvalue weighted by Crippen LogP contribution is 2.45. The van der Waals surface area contributed by atoms with Crippen LogP contribution in [0.3, 0.4) is 0 Å². The highest BCUT2D eigenvalue weighted by molar-refractivity contribution is 5.94. The summed E-state index contributed by atoms with van der Waals surface area (Å²) < 4.78 is 11.2. The molecular weight excluding hydrogens is 384 g/mol. The molecule has 0 saturated carbocycles. The van der Waals surface area contributed by atoms with Gasteiger partial charge in [-0.3, -0.25) is 9.59 Å². The summed E-state index contributed by atoms with van der Waals surface area (Å²) >= 11 is 0. The number of phenols is 2. The van der Waals surface area contributed by atoms with E-state index in [9.17, 15) is 19.8 Å². The Morgan fingerprint density at radius 3 is 2.40 bits per heavy atom. The van der Waals surface area contributed by atoms with Gasteiger partial charge in [-0.15, -0.1) is 0 Å². The summed E-state index contributed by atoms with van der Waals surface area (Å²) in [6.45, 7) is 0. The molecule has 3 aromatic carbocycles. The molecule has 1 aliphatic rings. The molecule has 1 aliphatic heterocycles. The van der Waals surface area contributed by atoms with E-state index in [1.807, 2.05) is 30.3 Å². The van der Waals surface area contributed by atoms with E-state index in [2.05, 4.69) is 0 Å². The molecule has 2 N–H and O–H groups in total. The lowest BCUT2D eigenvalue weighted by Gasteiger charge is -2.25. The Kier molecular flexibility index (Phi) is 4.06. The summed E-state index contributed by atoms with van der Waals surface area (Å²) in [5.74, 6) is -0.843. The van der Waals surface area contributed by atoms with Gasteiger partial charge in [-0.1, -0.05) is 42.5 Å². The van der Waals surface area contributed by atoms with Gasteiger partial charge in [-0.2, -0.15) is 0 Å². The van der Waals surface area contributed by atoms with E-state index >= 15 is 0 Å². The Morgan fingerprint density at radius 1 is 0.933 bits per heavy atom. The van der Waals surface area contributed by atoms with Crippen LogP contribution in [0.25, 0.3) is 22.1 Å². The van der Waals surface area contributed by atoms with Crippen LogP contribution in [0.15, 0.2) is 76.1 Å². The summed E-state index contributed by atoms with van der Waals surface area (Å²) in [7, 11) is 0. The Morgan fingerprint density at radius 2 is 1.67 bits per heavy atom. The third-order valence-electron chi connectivity index (χ3n) is 5.35. The van der Waals surface area contributed by atoms with Crippen LogP contribution in [0.4, 0.5) is 0 Å². The largest absolute Gasteiger partial charge is 0.508 e. The second kappa shape index (κ2) is 6.77. The van der Waals surface area contributed by atoms with Crippen molar-refractivity contribution in [1.29, 1.82) is 0 Å². The zero-order chi connectivity index (χ0) is 20.8. The molecule has 1 aromatic heterocycles. The number of fused-ring (bicyclic) bond motifs is 3. The van der Waals surface area contributed by atoms with Crippen LogP contribution in [0.1, 0.15) is 23.5 Å². The molecule has 0 radical (unpaired) electrons. The van der Waals surface area contributed by atoms with Crippen molar-refractivity contribution < 1.29 is 24.2 Å². The number of benzene rings is 3. The summed E-state index contributed by atoms with van der Waals surface area (Å²) in [6, 6.07) is 16.8. The maximum absolute atomic E-state index is 13.2. The van der Waals surface area contributed by atoms with E-state index < -0.39 is 11.4 Å². The molecule has 2 heterocycles. The van der Waals surface area contributed by atoms with E-state index in [1.54, 1.807) is 12.1 Å². The summed E-state index contributed by atoms with van der Waals surface area (Å²) in [4.78, 5) is 25.4. The fourth-order valence-electron chi connectivity index (χ4n) is 3.94. The van der Waals surface area contributed by atoms with E-state index in [1.165, 1.54) is 24.5 Å². The van der Waals surface area contributed by atoms with Crippen molar-refractivity contribution in [3.8, 4) is 28.4 Å². The molecule has 0 unspecified atom stereocenters. The zero-order valence-corrected chi connectivity index (χ0v) is 15.7. The predicted molar refractivity (Wildman–Crippen MR) is 110 cm³/mol. The first-order valence-electron chi connectivity index (χ1n) is 9.39. The number of esters is 1. The van der Waals surface area contributed by atoms with E-state index in [4.69, 9.17) is 9.15 Å². The highest BCUT2D eigenvalue weighted by atomic mass is 16.5. The summed E-state index contributed by atoms with van der Waals surface area (Å²) in [5.41, 5.74) is 2.02. The van der Waals surface area contributed by atoms with Gasteiger partial charge in [-0.05, 0) is 23.3 Å². The van der Waals surface area contributed by atoms with Crippen molar-refractivity contribution in [3.05, 3.63) is 88.3 Å². The van der Waals surface area contributed by atoms with Crippen LogP contribution in [0, 0.1) is 0 Å². The van der Waals surface area contributed by atoms with Crippen LogP contribution >= 0.6 is 0 Å². The number of rotatable bonds is 2. The van der Waals surface area contributed by atoms with Gasteiger partial charge in [0, 0.05) is 17.5 Å². The Labute approximate surface area is 170 Å². The molecule has 6 heteroatoms. The third kappa shape index (κ3) is 2.81. The van der Waals surface area contributed by atoms with Crippen molar-refractivity contribution >= 4 is 16.9 Å². The van der Waals surface area contributed by atoms with Gasteiger partial charge in [-0.25, -0.2) is 0 Å². The van der Waals surface area contributed by atoms with Crippen molar-refractivity contribution in [1.82, 2.24) is 0 Å². The van der Waals surface area contributed by atoms with Crippen molar-refractivity contribution in [2.45, 2.75) is 12.3 Å². The van der Waals surface area contributed by atoms with Gasteiger partial charge < -0.3 is 19.4 Å². The number of ether oxygens (including phenoxy) is 1. The first-order chi connectivity index (χ1) is 14.5. The van der Waals surface area contributed by atoms with Gasteiger partial charge in [0.1, 0.15) is 34.5 Å². The minimum Gasteiger partial charge on any atom is -0.508 e. The van der Waals surface area contributed by atoms with E-state index in [-0.39, 0.29) is 46.1 Å². The lowest BCUT2D eigenvalue weighted by atomic mass is 9.85. The number of carbonyl (C=O) groups is 1. The number of hydrogen-bond acceptors (Lipinski definition) is 6. The van der Waals surface area contributed by atoms with Crippen molar-refractivity contribution in [3.63, 3.8) is 0 Å². The summed E-state index contributed by atoms with van der Waals surface area (Å²) in [6.07, 6.45) is 1.43. The van der Waals surface area contributed by atoms with Crippen LogP contribution in [0.5, 0.6) is 17.2 Å². The van der Waals surface area contributed by atoms with Crippen LogP contribution in [0.2, 0.25) is 0 Å². The average Bonchev–Trinajstić information content (AvgIpc) is 2.74. The first kappa shape index (κ1) is 18.0. The zero-order valence-electron chi connectivity index (χ0n) is 15.7. The SMILES string of the molecule is O=C1C[C@@H](c2ccccc2)c2c(cc(O)c3c(=O)c(-c4ccc(O)cc4)coc23)O1. The quantitative estimate of drug-likeness (QED) is 0.384. The molecular formula is C24H16O6. The minimum absolute atomic E-state index is 0.0261. The van der Waals surface area contributed by atoms with Gasteiger partial charge >= 0.3 is 5.97 Å². The topological polar surface area (TPSA) is 97.0 Å². The lowest BCUT2D eigenvalue weighted by Crippen LogP contribution is -2.22.